The minimum atomic E-state index is 0.884. The SMILES string of the molecule is Cc1oc2ccccc2c1S. The van der Waals surface area contributed by atoms with Gasteiger partial charge in [0.15, 0.2) is 0 Å². The third-order valence-electron chi connectivity index (χ3n) is 1.74. The maximum Gasteiger partial charge on any atom is 0.135 e. The number of thiol groups is 1. The minimum absolute atomic E-state index is 0.884. The number of para-hydroxylation sites is 1. The van der Waals surface area contributed by atoms with Crippen LogP contribution in [-0.2, 0) is 0 Å². The Morgan fingerprint density at radius 1 is 1.27 bits per heavy atom. The smallest absolute Gasteiger partial charge is 0.135 e. The summed E-state index contributed by atoms with van der Waals surface area (Å²) in [4.78, 5) is 0.945. The van der Waals surface area contributed by atoms with Gasteiger partial charge in [-0.05, 0) is 19.1 Å². The second kappa shape index (κ2) is 2.31. The van der Waals surface area contributed by atoms with Crippen LogP contribution in [0.25, 0.3) is 11.0 Å². The van der Waals surface area contributed by atoms with Gasteiger partial charge in [-0.2, -0.15) is 0 Å². The number of aryl methyl sites for hydroxylation is 1. The predicted molar refractivity (Wildman–Crippen MR) is 48.2 cm³/mol. The van der Waals surface area contributed by atoms with Gasteiger partial charge < -0.3 is 4.42 Å². The van der Waals surface area contributed by atoms with Crippen molar-refractivity contribution in [2.24, 2.45) is 0 Å². The molecule has 0 unspecified atom stereocenters. The summed E-state index contributed by atoms with van der Waals surface area (Å²) in [6, 6.07) is 7.89. The van der Waals surface area contributed by atoms with Gasteiger partial charge in [0, 0.05) is 5.39 Å². The van der Waals surface area contributed by atoms with Gasteiger partial charge in [-0.25, -0.2) is 0 Å². The standard InChI is InChI=1S/C9H8OS/c1-6-9(11)7-4-2-3-5-8(7)10-6/h2-5,11H,1H3. The van der Waals surface area contributed by atoms with Gasteiger partial charge in [0.25, 0.3) is 0 Å². The second-order valence-electron chi connectivity index (χ2n) is 2.50. The molecule has 0 radical (unpaired) electrons. The minimum Gasteiger partial charge on any atom is -0.460 e. The van der Waals surface area contributed by atoms with Crippen LogP contribution >= 0.6 is 12.6 Å². The van der Waals surface area contributed by atoms with E-state index in [1.807, 2.05) is 31.2 Å². The van der Waals surface area contributed by atoms with E-state index in [1.54, 1.807) is 0 Å². The fourth-order valence-electron chi connectivity index (χ4n) is 1.15. The predicted octanol–water partition coefficient (Wildman–Crippen LogP) is 3.03. The zero-order valence-electron chi connectivity index (χ0n) is 6.16. The van der Waals surface area contributed by atoms with Crippen LogP contribution in [0.3, 0.4) is 0 Å². The van der Waals surface area contributed by atoms with Crippen LogP contribution in [0, 0.1) is 6.92 Å². The van der Waals surface area contributed by atoms with Crippen LogP contribution in [0.2, 0.25) is 0 Å². The van der Waals surface area contributed by atoms with Crippen molar-refractivity contribution in [3.63, 3.8) is 0 Å². The molecule has 11 heavy (non-hydrogen) atoms. The van der Waals surface area contributed by atoms with Crippen molar-refractivity contribution in [3.8, 4) is 0 Å². The van der Waals surface area contributed by atoms with Crippen LogP contribution in [-0.4, -0.2) is 0 Å². The first-order valence-corrected chi connectivity index (χ1v) is 3.91. The Labute approximate surface area is 70.4 Å². The van der Waals surface area contributed by atoms with Crippen LogP contribution in [0.4, 0.5) is 0 Å². The normalized spacial score (nSPS) is 10.7. The third-order valence-corrected chi connectivity index (χ3v) is 2.29. The van der Waals surface area contributed by atoms with Crippen molar-refractivity contribution in [1.82, 2.24) is 0 Å². The number of hydrogen-bond acceptors (Lipinski definition) is 2. The van der Waals surface area contributed by atoms with Crippen LogP contribution in [0.15, 0.2) is 33.6 Å². The lowest BCUT2D eigenvalue weighted by Crippen LogP contribution is -1.63. The number of hydrogen-bond donors (Lipinski definition) is 1. The summed E-state index contributed by atoms with van der Waals surface area (Å²) < 4.78 is 5.42. The van der Waals surface area contributed by atoms with Gasteiger partial charge in [0.2, 0.25) is 0 Å². The molecule has 0 N–H and O–H groups in total. The van der Waals surface area contributed by atoms with Crippen LogP contribution in [0.5, 0.6) is 0 Å². The highest BCUT2D eigenvalue weighted by atomic mass is 32.1. The molecule has 2 rings (SSSR count). The summed E-state index contributed by atoms with van der Waals surface area (Å²) in [7, 11) is 0. The highest BCUT2D eigenvalue weighted by Gasteiger charge is 2.04. The average Bonchev–Trinajstić information content (AvgIpc) is 2.30. The van der Waals surface area contributed by atoms with Crippen molar-refractivity contribution in [2.75, 3.05) is 0 Å². The Hall–Kier alpha value is -0.890. The molecule has 0 aliphatic carbocycles. The number of fused-ring (bicyclic) bond motifs is 1. The van der Waals surface area contributed by atoms with E-state index in [-0.39, 0.29) is 0 Å². The third kappa shape index (κ3) is 0.942. The average molecular weight is 164 g/mol. The van der Waals surface area contributed by atoms with E-state index in [4.69, 9.17) is 4.42 Å². The molecule has 0 aliphatic heterocycles. The second-order valence-corrected chi connectivity index (χ2v) is 2.95. The molecule has 0 bridgehead atoms. The number of benzene rings is 1. The first-order valence-electron chi connectivity index (χ1n) is 3.46. The Balaban J connectivity index is 2.92. The molecule has 0 aliphatic rings. The van der Waals surface area contributed by atoms with Gasteiger partial charge >= 0.3 is 0 Å². The number of rotatable bonds is 0. The van der Waals surface area contributed by atoms with Crippen LogP contribution in [0.1, 0.15) is 5.76 Å². The van der Waals surface area contributed by atoms with E-state index in [2.05, 4.69) is 12.6 Å². The highest BCUT2D eigenvalue weighted by Crippen LogP contribution is 2.27. The molecule has 1 aromatic heterocycles. The summed E-state index contributed by atoms with van der Waals surface area (Å²) in [5, 5.41) is 1.09. The summed E-state index contributed by atoms with van der Waals surface area (Å²) >= 11 is 4.32. The molecule has 0 saturated carbocycles. The monoisotopic (exact) mass is 164 g/mol. The number of furan rings is 1. The van der Waals surface area contributed by atoms with Gasteiger partial charge in [0.1, 0.15) is 11.3 Å². The fraction of sp³-hybridized carbons (Fsp3) is 0.111. The van der Waals surface area contributed by atoms with E-state index >= 15 is 0 Å². The molecule has 1 aromatic carbocycles. The maximum atomic E-state index is 5.42. The quantitative estimate of drug-likeness (QED) is 0.590. The summed E-state index contributed by atoms with van der Waals surface area (Å²) in [6.45, 7) is 1.92. The molecule has 0 amide bonds. The Morgan fingerprint density at radius 2 is 2.00 bits per heavy atom. The molecule has 0 atom stereocenters. The van der Waals surface area contributed by atoms with Crippen molar-refractivity contribution in [3.05, 3.63) is 30.0 Å². The van der Waals surface area contributed by atoms with Gasteiger partial charge in [0.05, 0.1) is 4.90 Å². The summed E-state index contributed by atoms with van der Waals surface area (Å²) in [6.07, 6.45) is 0. The lowest BCUT2D eigenvalue weighted by molar-refractivity contribution is 0.568. The lowest BCUT2D eigenvalue weighted by atomic mass is 10.2. The molecule has 1 nitrogen and oxygen atoms in total. The van der Waals surface area contributed by atoms with E-state index in [0.717, 1.165) is 21.6 Å². The Kier molecular flexibility index (Phi) is 1.43. The summed E-state index contributed by atoms with van der Waals surface area (Å²) in [5.41, 5.74) is 0.912. The van der Waals surface area contributed by atoms with Crippen LogP contribution < -0.4 is 0 Å². The largest absolute Gasteiger partial charge is 0.460 e. The fourth-order valence-corrected chi connectivity index (χ4v) is 1.38. The van der Waals surface area contributed by atoms with E-state index < -0.39 is 0 Å². The van der Waals surface area contributed by atoms with E-state index in [1.165, 1.54) is 0 Å². The van der Waals surface area contributed by atoms with Crippen molar-refractivity contribution >= 4 is 23.6 Å². The maximum absolute atomic E-state index is 5.42. The molecule has 56 valence electrons. The summed E-state index contributed by atoms with van der Waals surface area (Å²) in [5.74, 6) is 0.884. The molecule has 2 heteroatoms. The first kappa shape index (κ1) is 6.80. The van der Waals surface area contributed by atoms with Crippen molar-refractivity contribution in [2.45, 2.75) is 11.8 Å². The first-order chi connectivity index (χ1) is 5.29. The topological polar surface area (TPSA) is 13.1 Å². The van der Waals surface area contributed by atoms with E-state index in [0.29, 0.717) is 0 Å². The van der Waals surface area contributed by atoms with Crippen molar-refractivity contribution < 1.29 is 4.42 Å². The Morgan fingerprint density at radius 3 is 2.73 bits per heavy atom. The molecule has 2 aromatic rings. The molecule has 0 saturated heterocycles. The molecule has 0 spiro atoms. The van der Waals surface area contributed by atoms with E-state index in [9.17, 15) is 0 Å². The van der Waals surface area contributed by atoms with Gasteiger partial charge in [-0.15, -0.1) is 12.6 Å². The van der Waals surface area contributed by atoms with Crippen molar-refractivity contribution in [1.29, 1.82) is 0 Å². The Bertz CT molecular complexity index is 389. The molecule has 0 fully saturated rings. The van der Waals surface area contributed by atoms with Gasteiger partial charge in [-0.3, -0.25) is 0 Å². The molecular formula is C9H8OS. The van der Waals surface area contributed by atoms with Gasteiger partial charge in [-0.1, -0.05) is 12.1 Å². The lowest BCUT2D eigenvalue weighted by Gasteiger charge is -1.84. The molecule has 1 heterocycles. The zero-order valence-corrected chi connectivity index (χ0v) is 7.06. The molecular weight excluding hydrogens is 156 g/mol. The highest BCUT2D eigenvalue weighted by molar-refractivity contribution is 7.80. The zero-order chi connectivity index (χ0) is 7.84.